The fraction of sp³-hybridized carbons (Fsp3) is 0.755. The number of aliphatic hydroxyl groups is 5. The largest absolute Gasteiger partial charge is 0.460 e. The third-order valence-electron chi connectivity index (χ3n) is 15.2. The number of hydrogen-bond acceptors (Lipinski definition) is 14. The molecule has 0 radical (unpaired) electrons. The molecular weight excluding hydrogens is 875 g/mol. The van der Waals surface area contributed by atoms with Crippen molar-refractivity contribution >= 4 is 29.2 Å². The van der Waals surface area contributed by atoms with Crippen LogP contribution in [0.4, 0.5) is 0 Å². The fourth-order valence-corrected chi connectivity index (χ4v) is 10.7. The molecule has 15 heteroatoms. The summed E-state index contributed by atoms with van der Waals surface area (Å²) in [5, 5.41) is 53.5. The van der Waals surface area contributed by atoms with Gasteiger partial charge in [0.2, 0.25) is 5.79 Å². The number of ether oxygens (including phenoxy) is 4. The Labute approximate surface area is 404 Å². The predicted octanol–water partition coefficient (Wildman–Crippen LogP) is 5.38. The van der Waals surface area contributed by atoms with Gasteiger partial charge in [0.05, 0.1) is 50.2 Å². The van der Waals surface area contributed by atoms with Gasteiger partial charge in [-0.15, -0.1) is 0 Å². The Bertz CT molecular complexity index is 1810. The Hall–Kier alpha value is -3.41. The number of hydrogen-bond donors (Lipinski definition) is 5. The summed E-state index contributed by atoms with van der Waals surface area (Å²) in [5.41, 5.74) is 1.12. The van der Waals surface area contributed by atoms with E-state index in [-0.39, 0.29) is 98.6 Å². The van der Waals surface area contributed by atoms with Crippen molar-refractivity contribution in [1.82, 2.24) is 4.90 Å². The molecule has 2 saturated heterocycles. The second-order valence-corrected chi connectivity index (χ2v) is 20.5. The van der Waals surface area contributed by atoms with E-state index in [1.807, 2.05) is 51.2 Å². The number of fused-ring (bicyclic) bond motifs is 3. The Kier molecular flexibility index (Phi) is 22.9. The van der Waals surface area contributed by atoms with E-state index in [0.29, 0.717) is 51.4 Å². The Morgan fingerprint density at radius 1 is 0.882 bits per heavy atom. The van der Waals surface area contributed by atoms with Crippen molar-refractivity contribution in [2.24, 2.45) is 47.3 Å². The molecule has 0 spiro atoms. The lowest BCUT2D eigenvalue weighted by Crippen LogP contribution is -2.60. The predicted molar refractivity (Wildman–Crippen MR) is 256 cm³/mol. The zero-order chi connectivity index (χ0) is 50.3. The van der Waals surface area contributed by atoms with E-state index in [1.54, 1.807) is 40.9 Å². The van der Waals surface area contributed by atoms with Gasteiger partial charge in [-0.3, -0.25) is 19.2 Å². The number of carbonyl (C=O) groups is 5. The molecule has 2 unspecified atom stereocenters. The van der Waals surface area contributed by atoms with Crippen LogP contribution in [0.5, 0.6) is 0 Å². The van der Waals surface area contributed by atoms with Crippen LogP contribution in [0.2, 0.25) is 0 Å². The lowest BCUT2D eigenvalue weighted by molar-refractivity contribution is -0.265. The van der Waals surface area contributed by atoms with Crippen molar-refractivity contribution in [3.8, 4) is 0 Å². The highest BCUT2D eigenvalue weighted by Gasteiger charge is 2.53. The van der Waals surface area contributed by atoms with Crippen LogP contribution in [0.3, 0.4) is 0 Å². The van der Waals surface area contributed by atoms with E-state index in [1.165, 1.54) is 4.90 Å². The molecule has 68 heavy (non-hydrogen) atoms. The van der Waals surface area contributed by atoms with Crippen molar-refractivity contribution in [2.75, 3.05) is 40.1 Å². The highest BCUT2D eigenvalue weighted by molar-refractivity contribution is 6.39. The first-order chi connectivity index (χ1) is 32.3. The van der Waals surface area contributed by atoms with Crippen LogP contribution in [0, 0.1) is 47.3 Å². The van der Waals surface area contributed by atoms with Crippen LogP contribution in [0.25, 0.3) is 0 Å². The molecule has 2 bridgehead atoms. The number of allylic oxidation sites excluding steroid dienone is 6. The third-order valence-corrected chi connectivity index (χ3v) is 15.2. The zero-order valence-corrected chi connectivity index (χ0v) is 41.9. The summed E-state index contributed by atoms with van der Waals surface area (Å²) in [6.07, 6.45) is 12.9. The van der Waals surface area contributed by atoms with Gasteiger partial charge in [0.15, 0.2) is 5.78 Å². The Morgan fingerprint density at radius 2 is 1.62 bits per heavy atom. The van der Waals surface area contributed by atoms with Crippen LogP contribution in [0.1, 0.15) is 126 Å². The Balaban J connectivity index is 1.70. The van der Waals surface area contributed by atoms with Crippen LogP contribution in [0.15, 0.2) is 47.6 Å². The molecule has 0 aromatic carbocycles. The van der Waals surface area contributed by atoms with Crippen LogP contribution >= 0.6 is 0 Å². The molecule has 3 fully saturated rings. The number of amides is 1. The summed E-state index contributed by atoms with van der Waals surface area (Å²) in [4.78, 5) is 71.9. The SMILES string of the molecule is CO[C@H]1C[C@H](C[C@@H](C)[C@@H]2CC(=O)/C(C)=C/C(C)[C@@H](O)[C@@H](CO)C(=O)[C@@H](C)C[C@@H](C)C=CC=CC=C(C)[C@@H](CO)C[C@@H]3CC[C@@H](C)[C@@](O)(O3)C(=O)C(=O)N3CCCCC3C(=O)O2)CC[C@H]1OCCO. The van der Waals surface area contributed by atoms with Crippen LogP contribution in [-0.4, -0.2) is 142 Å². The summed E-state index contributed by atoms with van der Waals surface area (Å²) in [7, 11) is 1.62. The summed E-state index contributed by atoms with van der Waals surface area (Å²) in [6.45, 7) is 11.8. The minimum Gasteiger partial charge on any atom is -0.460 e. The first-order valence-corrected chi connectivity index (χ1v) is 25.2. The summed E-state index contributed by atoms with van der Waals surface area (Å²) < 4.78 is 24.1. The van der Waals surface area contributed by atoms with Gasteiger partial charge in [-0.2, -0.15) is 0 Å². The Morgan fingerprint density at radius 3 is 2.29 bits per heavy atom. The van der Waals surface area contributed by atoms with Crippen molar-refractivity contribution < 1.29 is 68.5 Å². The standard InChI is InChI=1S/C53H83NO14/c1-32-14-10-9-11-15-33(2)40(30-56)28-41-19-17-38(7)53(64,68-41)50(61)51(62)54-21-13-12-16-43(54)52(63)67-46(35(4)26-39-18-20-45(66-23-22-55)47(27-39)65-8)29-44(58)34(3)25-37(6)49(60)42(31-57)48(59)36(5)24-32/h9-11,14-15,25,32,35-43,45-47,49,55-57,60,64H,12-13,16-24,26-31H2,1-8H3/b11-9?,14-10?,33-15?,34-25+/t32-,35+,36-,37?,38+,39-,40+,41-,42-,43?,45+,46-,47-,49+,53+/m0/s1. The lowest BCUT2D eigenvalue weighted by atomic mass is 9.78. The molecule has 4 rings (SSSR count). The topological polar surface area (TPSA) is 227 Å². The second kappa shape index (κ2) is 27.3. The second-order valence-electron chi connectivity index (χ2n) is 20.5. The van der Waals surface area contributed by atoms with E-state index in [4.69, 9.17) is 18.9 Å². The summed E-state index contributed by atoms with van der Waals surface area (Å²) >= 11 is 0. The highest BCUT2D eigenvalue weighted by atomic mass is 16.6. The first-order valence-electron chi connectivity index (χ1n) is 25.2. The van der Waals surface area contributed by atoms with E-state index < -0.39 is 78.1 Å². The number of cyclic esters (lactones) is 1. The van der Waals surface area contributed by atoms with Gasteiger partial charge in [-0.1, -0.05) is 76.6 Å². The smallest absolute Gasteiger partial charge is 0.329 e. The van der Waals surface area contributed by atoms with Crippen molar-refractivity contribution in [3.63, 3.8) is 0 Å². The maximum absolute atomic E-state index is 14.4. The van der Waals surface area contributed by atoms with E-state index in [2.05, 4.69) is 0 Å². The fourth-order valence-electron chi connectivity index (χ4n) is 10.7. The van der Waals surface area contributed by atoms with E-state index in [9.17, 15) is 49.5 Å². The molecule has 384 valence electrons. The van der Waals surface area contributed by atoms with Crippen LogP contribution in [-0.2, 0) is 42.9 Å². The van der Waals surface area contributed by atoms with Gasteiger partial charge in [0.25, 0.3) is 11.7 Å². The highest BCUT2D eigenvalue weighted by Crippen LogP contribution is 2.38. The average molecular weight is 958 g/mol. The normalized spacial score (nSPS) is 37.5. The van der Waals surface area contributed by atoms with Gasteiger partial charge in [-0.25, -0.2) is 4.79 Å². The number of esters is 1. The molecule has 4 aliphatic rings. The minimum absolute atomic E-state index is 0.0229. The first kappa shape index (κ1) is 57.2. The number of aliphatic hydroxyl groups excluding tert-OH is 4. The third kappa shape index (κ3) is 15.3. The number of nitrogens with zero attached hydrogens (tertiary/aromatic N) is 1. The van der Waals surface area contributed by atoms with Crippen molar-refractivity contribution in [3.05, 3.63) is 47.6 Å². The number of Topliss-reactive ketones (excluding diaryl/α,β-unsaturated/α-hetero) is 3. The van der Waals surface area contributed by atoms with Crippen molar-refractivity contribution in [2.45, 2.75) is 168 Å². The molecular formula is C53H83NO14. The molecule has 3 heterocycles. The number of carbonyl (C=O) groups excluding carboxylic acids is 5. The van der Waals surface area contributed by atoms with E-state index >= 15 is 0 Å². The molecule has 0 aromatic heterocycles. The van der Waals surface area contributed by atoms with Gasteiger partial charge in [-0.05, 0) is 108 Å². The maximum atomic E-state index is 14.4. The van der Waals surface area contributed by atoms with Crippen LogP contribution < -0.4 is 0 Å². The average Bonchev–Trinajstić information content (AvgIpc) is 3.32. The molecule has 0 aromatic rings. The molecule has 1 saturated carbocycles. The molecule has 3 aliphatic heterocycles. The zero-order valence-electron chi connectivity index (χ0n) is 41.9. The molecule has 1 amide bonds. The number of ketones is 3. The number of piperidine rings is 1. The van der Waals surface area contributed by atoms with Gasteiger partial charge < -0.3 is 49.4 Å². The van der Waals surface area contributed by atoms with E-state index in [0.717, 1.165) is 12.0 Å². The van der Waals surface area contributed by atoms with Gasteiger partial charge in [0.1, 0.15) is 17.9 Å². The molecule has 1 aliphatic carbocycles. The maximum Gasteiger partial charge on any atom is 0.329 e. The van der Waals surface area contributed by atoms with Gasteiger partial charge in [0, 0.05) is 50.4 Å². The lowest BCUT2D eigenvalue weighted by Gasteiger charge is -2.43. The quantitative estimate of drug-likeness (QED) is 0.145. The summed E-state index contributed by atoms with van der Waals surface area (Å²) in [5.74, 6) is -9.77. The minimum atomic E-state index is -2.47. The molecule has 5 N–H and O–H groups in total. The number of rotatable bonds is 9. The van der Waals surface area contributed by atoms with Gasteiger partial charge >= 0.3 is 5.97 Å². The monoisotopic (exact) mass is 958 g/mol. The molecule has 15 atom stereocenters. The van der Waals surface area contributed by atoms with Crippen molar-refractivity contribution in [1.29, 1.82) is 0 Å². The summed E-state index contributed by atoms with van der Waals surface area (Å²) in [6, 6.07) is -1.17. The molecule has 15 nitrogen and oxygen atoms in total. The number of methoxy groups -OCH3 is 1.